The minimum atomic E-state index is -0.390. The van der Waals surface area contributed by atoms with Crippen molar-refractivity contribution in [2.45, 2.75) is 12.8 Å². The highest BCUT2D eigenvalue weighted by Gasteiger charge is 2.20. The lowest BCUT2D eigenvalue weighted by Crippen LogP contribution is -2.34. The van der Waals surface area contributed by atoms with Gasteiger partial charge in [-0.3, -0.25) is 4.79 Å². The Kier molecular flexibility index (Phi) is 4.04. The molecule has 1 aliphatic heterocycles. The summed E-state index contributed by atoms with van der Waals surface area (Å²) >= 11 is 0. The lowest BCUT2D eigenvalue weighted by molar-refractivity contribution is -0.119. The molecule has 19 heavy (non-hydrogen) atoms. The molecule has 1 aromatic carbocycles. The third-order valence-corrected chi connectivity index (χ3v) is 3.26. The van der Waals surface area contributed by atoms with Crippen molar-refractivity contribution in [3.8, 4) is 5.75 Å². The van der Waals surface area contributed by atoms with E-state index < -0.39 is 5.97 Å². The Hall–Kier alpha value is -2.04. The largest absolute Gasteiger partial charge is 0.495 e. The average molecular weight is 263 g/mol. The maximum absolute atomic E-state index is 11.5. The summed E-state index contributed by atoms with van der Waals surface area (Å²) in [4.78, 5) is 24.8. The third kappa shape index (κ3) is 2.86. The van der Waals surface area contributed by atoms with Gasteiger partial charge in [0.25, 0.3) is 0 Å². The molecule has 1 fully saturated rings. The molecule has 0 atom stereocenters. The molecule has 0 unspecified atom stereocenters. The van der Waals surface area contributed by atoms with E-state index in [1.54, 1.807) is 19.2 Å². The van der Waals surface area contributed by atoms with Crippen LogP contribution in [0, 0.1) is 0 Å². The summed E-state index contributed by atoms with van der Waals surface area (Å²) in [6, 6.07) is 5.21. The van der Waals surface area contributed by atoms with Gasteiger partial charge in [0.2, 0.25) is 0 Å². The first-order valence-corrected chi connectivity index (χ1v) is 6.18. The van der Waals surface area contributed by atoms with E-state index in [1.165, 1.54) is 7.11 Å². The predicted octanol–water partition coefficient (Wildman–Crippen LogP) is 1.65. The first-order chi connectivity index (χ1) is 9.15. The number of methoxy groups -OCH3 is 2. The minimum absolute atomic E-state index is 0.293. The normalized spacial score (nSPS) is 15.3. The molecule has 1 aliphatic rings. The molecule has 0 radical (unpaired) electrons. The molecule has 0 aromatic heterocycles. The molecule has 0 aliphatic carbocycles. The van der Waals surface area contributed by atoms with Crippen LogP contribution >= 0.6 is 0 Å². The van der Waals surface area contributed by atoms with Gasteiger partial charge < -0.3 is 14.4 Å². The van der Waals surface area contributed by atoms with Gasteiger partial charge in [-0.25, -0.2) is 4.79 Å². The zero-order chi connectivity index (χ0) is 13.8. The van der Waals surface area contributed by atoms with Crippen LogP contribution in [0.2, 0.25) is 0 Å². The van der Waals surface area contributed by atoms with Gasteiger partial charge >= 0.3 is 5.97 Å². The van der Waals surface area contributed by atoms with Crippen LogP contribution in [0.5, 0.6) is 5.75 Å². The number of ether oxygens (including phenoxy) is 2. The zero-order valence-electron chi connectivity index (χ0n) is 11.1. The van der Waals surface area contributed by atoms with E-state index >= 15 is 0 Å². The summed E-state index contributed by atoms with van der Waals surface area (Å²) in [5.74, 6) is 0.525. The van der Waals surface area contributed by atoms with Gasteiger partial charge in [-0.1, -0.05) is 0 Å². The topological polar surface area (TPSA) is 55.8 Å². The van der Waals surface area contributed by atoms with E-state index in [2.05, 4.69) is 9.64 Å². The summed E-state index contributed by atoms with van der Waals surface area (Å²) in [6.45, 7) is 1.37. The zero-order valence-corrected chi connectivity index (χ0v) is 11.1. The maximum Gasteiger partial charge on any atom is 0.337 e. The van der Waals surface area contributed by atoms with Crippen molar-refractivity contribution in [3.63, 3.8) is 0 Å². The SMILES string of the molecule is COC(=O)c1ccc(N2CCC(=O)CC2)c(OC)c1. The molecule has 0 bridgehead atoms. The van der Waals surface area contributed by atoms with Gasteiger partial charge in [0.05, 0.1) is 25.5 Å². The van der Waals surface area contributed by atoms with E-state index in [1.807, 2.05) is 6.07 Å². The average Bonchev–Trinajstić information content (AvgIpc) is 2.46. The van der Waals surface area contributed by atoms with Crippen molar-refractivity contribution in [2.75, 3.05) is 32.2 Å². The van der Waals surface area contributed by atoms with Gasteiger partial charge in [-0.05, 0) is 18.2 Å². The number of hydrogen-bond donors (Lipinski definition) is 0. The molecule has 1 heterocycles. The fourth-order valence-corrected chi connectivity index (χ4v) is 2.18. The molecule has 1 aromatic rings. The Labute approximate surface area is 112 Å². The summed E-state index contributed by atoms with van der Waals surface area (Å²) in [5, 5.41) is 0. The van der Waals surface area contributed by atoms with E-state index in [-0.39, 0.29) is 0 Å². The number of ketones is 1. The van der Waals surface area contributed by atoms with Gasteiger partial charge in [0.15, 0.2) is 0 Å². The van der Waals surface area contributed by atoms with Gasteiger partial charge in [0.1, 0.15) is 11.5 Å². The van der Waals surface area contributed by atoms with Gasteiger partial charge in [-0.15, -0.1) is 0 Å². The molecule has 0 amide bonds. The minimum Gasteiger partial charge on any atom is -0.495 e. The molecule has 5 nitrogen and oxygen atoms in total. The number of anilines is 1. The number of piperidine rings is 1. The number of benzene rings is 1. The van der Waals surface area contributed by atoms with Gasteiger partial charge in [-0.2, -0.15) is 0 Å². The molecule has 0 saturated carbocycles. The number of Topliss-reactive ketones (excluding diaryl/α,β-unsaturated/α-hetero) is 1. The highest BCUT2D eigenvalue weighted by atomic mass is 16.5. The summed E-state index contributed by atoms with van der Waals surface area (Å²) < 4.78 is 10.0. The molecule has 0 spiro atoms. The fourth-order valence-electron chi connectivity index (χ4n) is 2.18. The third-order valence-electron chi connectivity index (χ3n) is 3.26. The standard InChI is InChI=1S/C14H17NO4/c1-18-13-9-10(14(17)19-2)3-4-12(13)15-7-5-11(16)6-8-15/h3-4,9H,5-8H2,1-2H3. The van der Waals surface area contributed by atoms with Crippen molar-refractivity contribution in [2.24, 2.45) is 0 Å². The van der Waals surface area contributed by atoms with Crippen molar-refractivity contribution < 1.29 is 19.1 Å². The first-order valence-electron chi connectivity index (χ1n) is 6.18. The Bertz CT molecular complexity index is 488. The first kappa shape index (κ1) is 13.4. The second-order valence-electron chi connectivity index (χ2n) is 4.40. The lowest BCUT2D eigenvalue weighted by atomic mass is 10.1. The quantitative estimate of drug-likeness (QED) is 0.776. The van der Waals surface area contributed by atoms with Crippen molar-refractivity contribution >= 4 is 17.4 Å². The predicted molar refractivity (Wildman–Crippen MR) is 70.8 cm³/mol. The second-order valence-corrected chi connectivity index (χ2v) is 4.40. The molecule has 0 N–H and O–H groups in total. The number of rotatable bonds is 3. The highest BCUT2D eigenvalue weighted by molar-refractivity contribution is 5.91. The molecular weight excluding hydrogens is 246 g/mol. The smallest absolute Gasteiger partial charge is 0.337 e. The maximum atomic E-state index is 11.5. The van der Waals surface area contributed by atoms with Crippen LogP contribution < -0.4 is 9.64 Å². The second kappa shape index (κ2) is 5.73. The highest BCUT2D eigenvalue weighted by Crippen LogP contribution is 2.31. The molecule has 2 rings (SSSR count). The summed E-state index contributed by atoms with van der Waals surface area (Å²) in [6.07, 6.45) is 1.11. The number of nitrogens with zero attached hydrogens (tertiary/aromatic N) is 1. The van der Waals surface area contributed by atoms with Crippen molar-refractivity contribution in [1.82, 2.24) is 0 Å². The van der Waals surface area contributed by atoms with Crippen LogP contribution in [0.15, 0.2) is 18.2 Å². The van der Waals surface area contributed by atoms with Crippen LogP contribution in [0.25, 0.3) is 0 Å². The number of carbonyl (C=O) groups is 2. The Balaban J connectivity index is 2.25. The summed E-state index contributed by atoms with van der Waals surface area (Å²) in [5.41, 5.74) is 1.36. The number of hydrogen-bond acceptors (Lipinski definition) is 5. The van der Waals surface area contributed by atoms with E-state index in [4.69, 9.17) is 4.74 Å². The number of carbonyl (C=O) groups excluding carboxylic acids is 2. The van der Waals surface area contributed by atoms with E-state index in [0.717, 1.165) is 5.69 Å². The lowest BCUT2D eigenvalue weighted by Gasteiger charge is -2.29. The molecule has 1 saturated heterocycles. The molecular formula is C14H17NO4. The molecule has 102 valence electrons. The Morgan fingerprint density at radius 1 is 1.21 bits per heavy atom. The van der Waals surface area contributed by atoms with Crippen LogP contribution in [0.1, 0.15) is 23.2 Å². The van der Waals surface area contributed by atoms with E-state index in [9.17, 15) is 9.59 Å². The summed E-state index contributed by atoms with van der Waals surface area (Å²) in [7, 11) is 2.91. The monoisotopic (exact) mass is 263 g/mol. The van der Waals surface area contributed by atoms with Crippen LogP contribution in [-0.2, 0) is 9.53 Å². The van der Waals surface area contributed by atoms with Gasteiger partial charge in [0, 0.05) is 25.9 Å². The fraction of sp³-hybridized carbons (Fsp3) is 0.429. The van der Waals surface area contributed by atoms with E-state index in [0.29, 0.717) is 43.0 Å². The number of esters is 1. The Morgan fingerprint density at radius 3 is 2.47 bits per heavy atom. The van der Waals surface area contributed by atoms with Crippen molar-refractivity contribution in [3.05, 3.63) is 23.8 Å². The van der Waals surface area contributed by atoms with Crippen molar-refractivity contribution in [1.29, 1.82) is 0 Å². The van der Waals surface area contributed by atoms with Crippen LogP contribution in [0.3, 0.4) is 0 Å². The van der Waals surface area contributed by atoms with Crippen LogP contribution in [-0.4, -0.2) is 39.1 Å². The Morgan fingerprint density at radius 2 is 1.89 bits per heavy atom. The molecule has 5 heteroatoms. The van der Waals surface area contributed by atoms with Crippen LogP contribution in [0.4, 0.5) is 5.69 Å².